The number of fused-ring (bicyclic) bond motifs is 1. The van der Waals surface area contributed by atoms with Crippen LogP contribution in [0.3, 0.4) is 0 Å². The van der Waals surface area contributed by atoms with Gasteiger partial charge in [-0.15, -0.1) is 0 Å². The van der Waals surface area contributed by atoms with E-state index >= 15 is 0 Å². The van der Waals surface area contributed by atoms with E-state index in [9.17, 15) is 0 Å². The van der Waals surface area contributed by atoms with Gasteiger partial charge in [-0.1, -0.05) is 6.07 Å². The topological polar surface area (TPSA) is 60.0 Å². The Bertz CT molecular complexity index is 1020. The van der Waals surface area contributed by atoms with Crippen molar-refractivity contribution >= 4 is 10.9 Å². The highest BCUT2D eigenvalue weighted by Gasteiger charge is 2.07. The van der Waals surface area contributed by atoms with Crippen molar-refractivity contribution < 1.29 is 9.47 Å². The third kappa shape index (κ3) is 2.92. The molecule has 0 aliphatic heterocycles. The van der Waals surface area contributed by atoms with Crippen molar-refractivity contribution in [3.8, 4) is 34.0 Å². The Balaban J connectivity index is 1.73. The minimum absolute atomic E-state index is 0.604. The van der Waals surface area contributed by atoms with Crippen molar-refractivity contribution in [2.75, 3.05) is 14.2 Å². The Labute approximate surface area is 145 Å². The lowest BCUT2D eigenvalue weighted by atomic mass is 10.1. The quantitative estimate of drug-likeness (QED) is 0.605. The lowest BCUT2D eigenvalue weighted by Crippen LogP contribution is -1.87. The molecule has 0 radical (unpaired) electrons. The molecule has 0 aliphatic carbocycles. The summed E-state index contributed by atoms with van der Waals surface area (Å²) in [7, 11) is 3.26. The summed E-state index contributed by atoms with van der Waals surface area (Å²) >= 11 is 0. The largest absolute Gasteiger partial charge is 0.495 e. The number of hydrogen-bond acceptors (Lipinski definition) is 4. The van der Waals surface area contributed by atoms with Gasteiger partial charge in [-0.25, -0.2) is 4.98 Å². The number of nitrogens with one attached hydrogen (secondary N) is 1. The average Bonchev–Trinajstić information content (AvgIpc) is 3.11. The van der Waals surface area contributed by atoms with Crippen molar-refractivity contribution in [2.45, 2.75) is 0 Å². The number of hydrogen-bond donors (Lipinski definition) is 1. The maximum absolute atomic E-state index is 5.26. The molecule has 124 valence electrons. The summed E-state index contributed by atoms with van der Waals surface area (Å²) in [5.74, 6) is 1.35. The zero-order valence-corrected chi connectivity index (χ0v) is 14.0. The van der Waals surface area contributed by atoms with Crippen LogP contribution in [0.2, 0.25) is 0 Å². The highest BCUT2D eigenvalue weighted by atomic mass is 16.5. The first-order valence-corrected chi connectivity index (χ1v) is 7.89. The fraction of sp³-hybridized carbons (Fsp3) is 0.100. The van der Waals surface area contributed by atoms with Gasteiger partial charge in [-0.3, -0.25) is 4.98 Å². The maximum Gasteiger partial charge on any atom is 0.212 e. The van der Waals surface area contributed by atoms with Crippen LogP contribution < -0.4 is 9.47 Å². The van der Waals surface area contributed by atoms with Crippen LogP contribution in [-0.2, 0) is 0 Å². The molecule has 0 unspecified atom stereocenters. The summed E-state index contributed by atoms with van der Waals surface area (Å²) in [6.07, 6.45) is 5.34. The smallest absolute Gasteiger partial charge is 0.212 e. The number of ether oxygens (including phenoxy) is 2. The second-order valence-electron chi connectivity index (χ2n) is 5.69. The van der Waals surface area contributed by atoms with Crippen molar-refractivity contribution in [1.29, 1.82) is 0 Å². The lowest BCUT2D eigenvalue weighted by molar-refractivity contribution is 0.398. The van der Waals surface area contributed by atoms with Gasteiger partial charge < -0.3 is 14.5 Å². The molecular formula is C20H17N3O2. The summed E-state index contributed by atoms with van der Waals surface area (Å²) in [5.41, 5.74) is 5.23. The SMILES string of the molecule is COc1cncc(-c2ccc3[nH]c(-c4ccc(OC)nc4)cc3c2)c1. The van der Waals surface area contributed by atoms with E-state index in [4.69, 9.17) is 9.47 Å². The number of H-pyrrole nitrogens is 1. The predicted molar refractivity (Wildman–Crippen MR) is 97.9 cm³/mol. The molecule has 0 atom stereocenters. The molecule has 3 heterocycles. The molecule has 0 spiro atoms. The van der Waals surface area contributed by atoms with Crippen LogP contribution in [0, 0.1) is 0 Å². The van der Waals surface area contributed by atoms with Crippen LogP contribution in [0.25, 0.3) is 33.3 Å². The summed E-state index contributed by atoms with van der Waals surface area (Å²) in [4.78, 5) is 11.9. The second kappa shape index (κ2) is 6.28. The van der Waals surface area contributed by atoms with Gasteiger partial charge in [0.05, 0.1) is 20.4 Å². The normalized spacial score (nSPS) is 10.8. The van der Waals surface area contributed by atoms with Crippen LogP contribution in [0.1, 0.15) is 0 Å². The van der Waals surface area contributed by atoms with Crippen molar-refractivity contribution in [3.05, 3.63) is 61.1 Å². The highest BCUT2D eigenvalue weighted by molar-refractivity contribution is 5.89. The number of nitrogens with zero attached hydrogens (tertiary/aromatic N) is 2. The molecule has 0 aliphatic rings. The fourth-order valence-electron chi connectivity index (χ4n) is 2.82. The Morgan fingerprint density at radius 2 is 1.68 bits per heavy atom. The number of aromatic nitrogens is 3. The van der Waals surface area contributed by atoms with Gasteiger partial charge in [-0.05, 0) is 35.9 Å². The van der Waals surface area contributed by atoms with Crippen LogP contribution in [0.4, 0.5) is 0 Å². The molecule has 0 fully saturated rings. The highest BCUT2D eigenvalue weighted by Crippen LogP contribution is 2.29. The van der Waals surface area contributed by atoms with Crippen molar-refractivity contribution in [1.82, 2.24) is 15.0 Å². The molecule has 5 heteroatoms. The Hall–Kier alpha value is -3.34. The van der Waals surface area contributed by atoms with E-state index in [1.165, 1.54) is 0 Å². The molecule has 0 bridgehead atoms. The maximum atomic E-state index is 5.26. The molecule has 5 nitrogen and oxygen atoms in total. The zero-order chi connectivity index (χ0) is 17.2. The van der Waals surface area contributed by atoms with E-state index in [0.717, 1.165) is 39.0 Å². The number of pyridine rings is 2. The monoisotopic (exact) mass is 331 g/mol. The fourth-order valence-corrected chi connectivity index (χ4v) is 2.82. The molecule has 0 saturated heterocycles. The predicted octanol–water partition coefficient (Wildman–Crippen LogP) is 4.31. The number of aromatic amines is 1. The summed E-state index contributed by atoms with van der Waals surface area (Å²) in [6, 6.07) is 14.2. The van der Waals surface area contributed by atoms with Crippen LogP contribution in [0.5, 0.6) is 11.6 Å². The first kappa shape index (κ1) is 15.2. The van der Waals surface area contributed by atoms with E-state index in [0.29, 0.717) is 5.88 Å². The summed E-state index contributed by atoms with van der Waals surface area (Å²) in [5, 5.41) is 1.13. The summed E-state index contributed by atoms with van der Waals surface area (Å²) < 4.78 is 10.4. The van der Waals surface area contributed by atoms with Gasteiger partial charge in [0.1, 0.15) is 5.75 Å². The standard InChI is InChI=1S/C20H17N3O2/c1-24-17-8-16(10-21-12-17)13-3-5-18-15(7-13)9-19(23-18)14-4-6-20(25-2)22-11-14/h3-12,23H,1-2H3. The van der Waals surface area contributed by atoms with Crippen molar-refractivity contribution in [2.24, 2.45) is 0 Å². The van der Waals surface area contributed by atoms with E-state index in [1.54, 1.807) is 26.6 Å². The molecule has 25 heavy (non-hydrogen) atoms. The molecule has 1 N–H and O–H groups in total. The Morgan fingerprint density at radius 3 is 2.44 bits per heavy atom. The molecule has 0 amide bonds. The average molecular weight is 331 g/mol. The van der Waals surface area contributed by atoms with E-state index < -0.39 is 0 Å². The van der Waals surface area contributed by atoms with Crippen LogP contribution in [0.15, 0.2) is 61.1 Å². The van der Waals surface area contributed by atoms with E-state index in [-0.39, 0.29) is 0 Å². The first-order valence-electron chi connectivity index (χ1n) is 7.89. The number of benzene rings is 1. The molecular weight excluding hydrogens is 314 g/mol. The molecule has 3 aromatic heterocycles. The third-order valence-corrected chi connectivity index (χ3v) is 4.16. The molecule has 1 aromatic carbocycles. The van der Waals surface area contributed by atoms with Gasteiger partial charge in [0, 0.05) is 46.2 Å². The van der Waals surface area contributed by atoms with Gasteiger partial charge in [-0.2, -0.15) is 0 Å². The molecule has 4 rings (SSSR count). The Kier molecular flexibility index (Phi) is 3.82. The first-order chi connectivity index (χ1) is 12.3. The van der Waals surface area contributed by atoms with E-state index in [1.807, 2.05) is 24.4 Å². The summed E-state index contributed by atoms with van der Waals surface area (Å²) in [6.45, 7) is 0. The van der Waals surface area contributed by atoms with Crippen LogP contribution >= 0.6 is 0 Å². The third-order valence-electron chi connectivity index (χ3n) is 4.16. The molecule has 0 saturated carbocycles. The van der Waals surface area contributed by atoms with Crippen molar-refractivity contribution in [3.63, 3.8) is 0 Å². The van der Waals surface area contributed by atoms with Gasteiger partial charge in [0.15, 0.2) is 0 Å². The number of rotatable bonds is 4. The molecule has 4 aromatic rings. The van der Waals surface area contributed by atoms with Crippen LogP contribution in [-0.4, -0.2) is 29.2 Å². The zero-order valence-electron chi connectivity index (χ0n) is 14.0. The van der Waals surface area contributed by atoms with Gasteiger partial charge in [0.25, 0.3) is 0 Å². The van der Waals surface area contributed by atoms with Gasteiger partial charge in [0.2, 0.25) is 5.88 Å². The van der Waals surface area contributed by atoms with Gasteiger partial charge >= 0.3 is 0 Å². The Morgan fingerprint density at radius 1 is 0.800 bits per heavy atom. The number of methoxy groups -OCH3 is 2. The minimum Gasteiger partial charge on any atom is -0.495 e. The minimum atomic E-state index is 0.604. The van der Waals surface area contributed by atoms with E-state index in [2.05, 4.69) is 39.2 Å². The lowest BCUT2D eigenvalue weighted by Gasteiger charge is -2.04. The second-order valence-corrected chi connectivity index (χ2v) is 5.69.